The van der Waals surface area contributed by atoms with Crippen molar-refractivity contribution < 1.29 is 9.53 Å². The van der Waals surface area contributed by atoms with Crippen molar-refractivity contribution in [2.75, 3.05) is 13.7 Å². The highest BCUT2D eigenvalue weighted by molar-refractivity contribution is 6.31. The van der Waals surface area contributed by atoms with Gasteiger partial charge in [0.05, 0.1) is 29.1 Å². The van der Waals surface area contributed by atoms with Gasteiger partial charge in [-0.2, -0.15) is 5.10 Å². The second-order valence-electron chi connectivity index (χ2n) is 5.29. The Balaban J connectivity index is 2.94. The van der Waals surface area contributed by atoms with Gasteiger partial charge in [0, 0.05) is 0 Å². The zero-order chi connectivity index (χ0) is 15.5. The first-order chi connectivity index (χ1) is 9.26. The van der Waals surface area contributed by atoms with Gasteiger partial charge in [-0.1, -0.05) is 11.6 Å². The average Bonchev–Trinajstić information content (AvgIpc) is 2.66. The van der Waals surface area contributed by atoms with Crippen molar-refractivity contribution in [1.82, 2.24) is 15.1 Å². The van der Waals surface area contributed by atoms with E-state index in [-0.39, 0.29) is 12.0 Å². The topological polar surface area (TPSA) is 56.2 Å². The number of esters is 1. The first-order valence-electron chi connectivity index (χ1n) is 6.84. The van der Waals surface area contributed by atoms with Crippen LogP contribution in [0.4, 0.5) is 0 Å². The molecule has 1 aromatic heterocycles. The molecule has 2 atom stereocenters. The molecule has 0 fully saturated rings. The maximum absolute atomic E-state index is 12.1. The number of likely N-dealkylation sites (N-methyl/N-ethyl adjacent to an activating group) is 1. The first-order valence-corrected chi connectivity index (χ1v) is 7.22. The Morgan fingerprint density at radius 1 is 1.55 bits per heavy atom. The number of aromatic nitrogens is 2. The van der Waals surface area contributed by atoms with Gasteiger partial charge in [-0.25, -0.2) is 0 Å². The number of carbonyl (C=O) groups excluding carboxylic acids is 1. The van der Waals surface area contributed by atoms with Crippen LogP contribution < -0.4 is 5.32 Å². The fraction of sp³-hybridized carbons (Fsp3) is 0.714. The molecule has 0 aliphatic heterocycles. The van der Waals surface area contributed by atoms with E-state index >= 15 is 0 Å². The predicted octanol–water partition coefficient (Wildman–Crippen LogP) is 2.65. The number of nitrogens with zero attached hydrogens (tertiary/aromatic N) is 2. The Bertz CT molecular complexity index is 487. The minimum atomic E-state index is -0.742. The maximum atomic E-state index is 12.1. The van der Waals surface area contributed by atoms with Crippen molar-refractivity contribution in [1.29, 1.82) is 0 Å². The Morgan fingerprint density at radius 3 is 2.55 bits per heavy atom. The zero-order valence-electron chi connectivity index (χ0n) is 13.1. The normalized spacial score (nSPS) is 15.8. The van der Waals surface area contributed by atoms with Crippen LogP contribution in [0.1, 0.15) is 44.6 Å². The predicted molar refractivity (Wildman–Crippen MR) is 80.1 cm³/mol. The van der Waals surface area contributed by atoms with Crippen molar-refractivity contribution in [3.8, 4) is 0 Å². The Labute approximate surface area is 125 Å². The lowest BCUT2D eigenvalue weighted by atomic mass is 9.94. The fourth-order valence-corrected chi connectivity index (χ4v) is 2.45. The van der Waals surface area contributed by atoms with Crippen LogP contribution in [0.2, 0.25) is 5.02 Å². The Kier molecular flexibility index (Phi) is 5.59. The molecule has 0 spiro atoms. The minimum Gasteiger partial charge on any atom is -0.465 e. The van der Waals surface area contributed by atoms with Crippen LogP contribution in [0.5, 0.6) is 0 Å². The summed E-state index contributed by atoms with van der Waals surface area (Å²) >= 11 is 6.17. The lowest BCUT2D eigenvalue weighted by Crippen LogP contribution is -2.50. The second kappa shape index (κ2) is 6.59. The molecule has 0 radical (unpaired) electrons. The zero-order valence-corrected chi connectivity index (χ0v) is 13.8. The summed E-state index contributed by atoms with van der Waals surface area (Å²) in [5.74, 6) is -0.248. The standard InChI is InChI=1S/C14H24ClN3O2/c1-7-20-13(19)14(5,16-6)8-9(2)18-11(4)12(15)10(3)17-18/h9,16H,7-8H2,1-6H3. The molecule has 6 heteroatoms. The van der Waals surface area contributed by atoms with E-state index in [4.69, 9.17) is 16.3 Å². The van der Waals surface area contributed by atoms with E-state index < -0.39 is 5.54 Å². The van der Waals surface area contributed by atoms with Crippen LogP contribution in [0, 0.1) is 13.8 Å². The van der Waals surface area contributed by atoms with Gasteiger partial charge in [-0.05, 0) is 48.1 Å². The molecule has 0 amide bonds. The molecular weight excluding hydrogens is 278 g/mol. The number of aryl methyl sites for hydroxylation is 1. The van der Waals surface area contributed by atoms with Crippen molar-refractivity contribution in [2.24, 2.45) is 0 Å². The van der Waals surface area contributed by atoms with Gasteiger partial charge >= 0.3 is 5.97 Å². The summed E-state index contributed by atoms with van der Waals surface area (Å²) in [4.78, 5) is 12.1. The largest absolute Gasteiger partial charge is 0.465 e. The number of halogens is 1. The molecule has 5 nitrogen and oxygen atoms in total. The number of hydrogen-bond acceptors (Lipinski definition) is 4. The van der Waals surface area contributed by atoms with Gasteiger partial charge in [0.2, 0.25) is 0 Å². The molecule has 1 N–H and O–H groups in total. The van der Waals surface area contributed by atoms with Crippen molar-refractivity contribution in [2.45, 2.75) is 52.6 Å². The summed E-state index contributed by atoms with van der Waals surface area (Å²) in [6.07, 6.45) is 0.570. The molecule has 1 rings (SSSR count). The fourth-order valence-electron chi connectivity index (χ4n) is 2.33. The van der Waals surface area contributed by atoms with Gasteiger partial charge < -0.3 is 10.1 Å². The summed E-state index contributed by atoms with van der Waals surface area (Å²) in [5, 5.41) is 8.17. The molecule has 114 valence electrons. The molecule has 0 aromatic carbocycles. The number of rotatable bonds is 6. The molecule has 20 heavy (non-hydrogen) atoms. The molecule has 1 aromatic rings. The van der Waals surface area contributed by atoms with E-state index in [9.17, 15) is 4.79 Å². The maximum Gasteiger partial charge on any atom is 0.326 e. The van der Waals surface area contributed by atoms with E-state index in [0.29, 0.717) is 18.1 Å². The van der Waals surface area contributed by atoms with Gasteiger partial charge in [-0.3, -0.25) is 9.48 Å². The molecule has 0 saturated heterocycles. The van der Waals surface area contributed by atoms with Crippen LogP contribution in [0.25, 0.3) is 0 Å². The molecule has 0 aliphatic carbocycles. The summed E-state index contributed by atoms with van der Waals surface area (Å²) in [5.41, 5.74) is 0.978. The second-order valence-corrected chi connectivity index (χ2v) is 5.66. The third kappa shape index (κ3) is 3.33. The number of carbonyl (C=O) groups is 1. The third-order valence-electron chi connectivity index (χ3n) is 3.64. The quantitative estimate of drug-likeness (QED) is 0.821. The first kappa shape index (κ1) is 17.0. The van der Waals surface area contributed by atoms with Gasteiger partial charge in [0.15, 0.2) is 0 Å². The average molecular weight is 302 g/mol. The van der Waals surface area contributed by atoms with E-state index in [2.05, 4.69) is 10.4 Å². The number of nitrogens with one attached hydrogen (secondary N) is 1. The molecule has 1 heterocycles. The van der Waals surface area contributed by atoms with E-state index in [1.54, 1.807) is 14.0 Å². The molecule has 0 aliphatic rings. The van der Waals surface area contributed by atoms with E-state index in [1.165, 1.54) is 0 Å². The van der Waals surface area contributed by atoms with E-state index in [1.807, 2.05) is 32.4 Å². The summed E-state index contributed by atoms with van der Waals surface area (Å²) in [7, 11) is 1.76. The van der Waals surface area contributed by atoms with Crippen LogP contribution >= 0.6 is 11.6 Å². The highest BCUT2D eigenvalue weighted by Crippen LogP contribution is 2.27. The van der Waals surface area contributed by atoms with Crippen molar-refractivity contribution in [3.63, 3.8) is 0 Å². The number of ether oxygens (including phenoxy) is 1. The summed E-state index contributed by atoms with van der Waals surface area (Å²) in [6, 6.07) is 0.0306. The SMILES string of the molecule is CCOC(=O)C(C)(CC(C)n1nc(C)c(Cl)c1C)NC. The van der Waals surface area contributed by atoms with Crippen LogP contribution in [-0.4, -0.2) is 34.9 Å². The molecule has 0 saturated carbocycles. The van der Waals surface area contributed by atoms with Gasteiger partial charge in [0.25, 0.3) is 0 Å². The van der Waals surface area contributed by atoms with E-state index in [0.717, 1.165) is 11.4 Å². The van der Waals surface area contributed by atoms with Crippen LogP contribution in [0.3, 0.4) is 0 Å². The minimum absolute atomic E-state index is 0.0306. The molecule has 0 bridgehead atoms. The monoisotopic (exact) mass is 301 g/mol. The smallest absolute Gasteiger partial charge is 0.326 e. The van der Waals surface area contributed by atoms with Crippen molar-refractivity contribution >= 4 is 17.6 Å². The van der Waals surface area contributed by atoms with Crippen LogP contribution in [-0.2, 0) is 9.53 Å². The summed E-state index contributed by atoms with van der Waals surface area (Å²) in [6.45, 7) is 9.84. The lowest BCUT2D eigenvalue weighted by Gasteiger charge is -2.30. The lowest BCUT2D eigenvalue weighted by molar-refractivity contribution is -0.151. The third-order valence-corrected chi connectivity index (χ3v) is 4.18. The van der Waals surface area contributed by atoms with Gasteiger partial charge in [-0.15, -0.1) is 0 Å². The van der Waals surface area contributed by atoms with Gasteiger partial charge in [0.1, 0.15) is 5.54 Å². The number of hydrogen-bond donors (Lipinski definition) is 1. The van der Waals surface area contributed by atoms with Crippen LogP contribution in [0.15, 0.2) is 0 Å². The molecule has 2 unspecified atom stereocenters. The highest BCUT2D eigenvalue weighted by atomic mass is 35.5. The Hall–Kier alpha value is -1.07. The summed E-state index contributed by atoms with van der Waals surface area (Å²) < 4.78 is 7.00. The van der Waals surface area contributed by atoms with Crippen molar-refractivity contribution in [3.05, 3.63) is 16.4 Å². The Morgan fingerprint density at radius 2 is 2.15 bits per heavy atom. The highest BCUT2D eigenvalue weighted by Gasteiger charge is 2.35. The molecular formula is C14H24ClN3O2.